The molecule has 0 bridgehead atoms. The Hall–Kier alpha value is -0.300. The third kappa shape index (κ3) is 6.41. The van der Waals surface area contributed by atoms with Crippen LogP contribution < -0.4 is 5.32 Å². The van der Waals surface area contributed by atoms with E-state index in [9.17, 15) is 0 Å². The van der Waals surface area contributed by atoms with Crippen LogP contribution in [0.4, 0.5) is 0 Å². The van der Waals surface area contributed by atoms with E-state index in [0.29, 0.717) is 5.41 Å². The predicted molar refractivity (Wildman–Crippen MR) is 56.4 cm³/mol. The molecular formula is C11H23N. The van der Waals surface area contributed by atoms with Gasteiger partial charge in [0.1, 0.15) is 0 Å². The fourth-order valence-corrected chi connectivity index (χ4v) is 0.854. The molecule has 0 unspecified atom stereocenters. The molecule has 0 aromatic heterocycles. The van der Waals surface area contributed by atoms with Crippen LogP contribution in [0.5, 0.6) is 0 Å². The van der Waals surface area contributed by atoms with E-state index in [-0.39, 0.29) is 0 Å². The quantitative estimate of drug-likeness (QED) is 0.476. The molecule has 0 spiro atoms. The molecule has 0 radical (unpaired) electrons. The average Bonchev–Trinajstić information content (AvgIpc) is 1.98. The first-order valence-electron chi connectivity index (χ1n) is 4.83. The lowest BCUT2D eigenvalue weighted by Gasteiger charge is -2.22. The van der Waals surface area contributed by atoms with E-state index < -0.39 is 0 Å². The van der Waals surface area contributed by atoms with Crippen LogP contribution in [-0.2, 0) is 0 Å². The summed E-state index contributed by atoms with van der Waals surface area (Å²) < 4.78 is 0. The number of hydrogen-bond acceptors (Lipinski definition) is 1. The van der Waals surface area contributed by atoms with Crippen molar-refractivity contribution in [3.05, 3.63) is 12.2 Å². The van der Waals surface area contributed by atoms with E-state index in [1.54, 1.807) is 0 Å². The summed E-state index contributed by atoms with van der Waals surface area (Å²) in [5, 5.41) is 3.45. The van der Waals surface area contributed by atoms with E-state index in [0.717, 1.165) is 19.5 Å². The van der Waals surface area contributed by atoms with E-state index >= 15 is 0 Å². The molecule has 0 aromatic rings. The van der Waals surface area contributed by atoms with Crippen LogP contribution in [0.1, 0.15) is 40.5 Å². The highest BCUT2D eigenvalue weighted by molar-refractivity contribution is 4.88. The Morgan fingerprint density at radius 2 is 2.00 bits per heavy atom. The fraction of sp³-hybridized carbons (Fsp3) is 0.818. The second-order valence-electron chi connectivity index (χ2n) is 4.40. The Morgan fingerprint density at radius 3 is 2.42 bits per heavy atom. The minimum atomic E-state index is 0.440. The van der Waals surface area contributed by atoms with Crippen LogP contribution in [0, 0.1) is 5.41 Å². The first-order chi connectivity index (χ1) is 5.48. The summed E-state index contributed by atoms with van der Waals surface area (Å²) in [5.41, 5.74) is 1.70. The van der Waals surface area contributed by atoms with Crippen molar-refractivity contribution in [2.75, 3.05) is 13.1 Å². The Balaban J connectivity index is 3.37. The molecule has 72 valence electrons. The topological polar surface area (TPSA) is 12.0 Å². The van der Waals surface area contributed by atoms with Crippen LogP contribution in [0.2, 0.25) is 0 Å². The Morgan fingerprint density at radius 1 is 1.42 bits per heavy atom. The van der Waals surface area contributed by atoms with Gasteiger partial charge >= 0.3 is 0 Å². The van der Waals surface area contributed by atoms with Gasteiger partial charge in [-0.3, -0.25) is 0 Å². The van der Waals surface area contributed by atoms with Crippen molar-refractivity contribution in [2.45, 2.75) is 40.5 Å². The number of hydrogen-bond donors (Lipinski definition) is 1. The molecule has 0 amide bonds. The summed E-state index contributed by atoms with van der Waals surface area (Å²) in [5.74, 6) is 0. The Bertz CT molecular complexity index is 136. The van der Waals surface area contributed by atoms with Gasteiger partial charge in [-0.25, -0.2) is 0 Å². The zero-order chi connectivity index (χ0) is 9.61. The van der Waals surface area contributed by atoms with E-state index in [1.807, 2.05) is 0 Å². The third-order valence-corrected chi connectivity index (χ3v) is 2.29. The zero-order valence-corrected chi connectivity index (χ0v) is 9.04. The van der Waals surface area contributed by atoms with Crippen LogP contribution in [0.3, 0.4) is 0 Å². The van der Waals surface area contributed by atoms with Gasteiger partial charge in [-0.1, -0.05) is 26.3 Å². The molecule has 0 atom stereocenters. The maximum absolute atomic E-state index is 3.87. The van der Waals surface area contributed by atoms with Crippen molar-refractivity contribution in [3.63, 3.8) is 0 Å². The normalized spacial score (nSPS) is 11.7. The smallest absolute Gasteiger partial charge is 0.000254 e. The Kier molecular flexibility index (Phi) is 5.23. The maximum Gasteiger partial charge on any atom is 0.000254 e. The highest BCUT2D eigenvalue weighted by Gasteiger charge is 2.13. The van der Waals surface area contributed by atoms with E-state index in [2.05, 4.69) is 39.6 Å². The molecule has 0 heterocycles. The van der Waals surface area contributed by atoms with Crippen molar-refractivity contribution in [1.29, 1.82) is 0 Å². The van der Waals surface area contributed by atoms with Gasteiger partial charge in [0.25, 0.3) is 0 Å². The van der Waals surface area contributed by atoms with Crippen molar-refractivity contribution in [1.82, 2.24) is 5.32 Å². The highest BCUT2D eigenvalue weighted by atomic mass is 14.9. The SMILES string of the molecule is C=C(C)CCNCC(C)(C)CC. The van der Waals surface area contributed by atoms with Crippen LogP contribution in [-0.4, -0.2) is 13.1 Å². The van der Waals surface area contributed by atoms with Gasteiger partial charge in [0.2, 0.25) is 0 Å². The summed E-state index contributed by atoms with van der Waals surface area (Å²) in [6.45, 7) is 14.9. The third-order valence-electron chi connectivity index (χ3n) is 2.29. The lowest BCUT2D eigenvalue weighted by Crippen LogP contribution is -2.29. The predicted octanol–water partition coefficient (Wildman–Crippen LogP) is 2.98. The summed E-state index contributed by atoms with van der Waals surface area (Å²) in [7, 11) is 0. The summed E-state index contributed by atoms with van der Waals surface area (Å²) >= 11 is 0. The largest absolute Gasteiger partial charge is 0.316 e. The first kappa shape index (κ1) is 11.7. The maximum atomic E-state index is 3.87. The molecule has 12 heavy (non-hydrogen) atoms. The van der Waals surface area contributed by atoms with Gasteiger partial charge in [-0.2, -0.15) is 0 Å². The summed E-state index contributed by atoms with van der Waals surface area (Å²) in [6.07, 6.45) is 2.33. The van der Waals surface area contributed by atoms with Crippen LogP contribution in [0.15, 0.2) is 12.2 Å². The monoisotopic (exact) mass is 169 g/mol. The van der Waals surface area contributed by atoms with Crippen LogP contribution in [0.25, 0.3) is 0 Å². The summed E-state index contributed by atoms with van der Waals surface area (Å²) in [6, 6.07) is 0. The van der Waals surface area contributed by atoms with Crippen molar-refractivity contribution in [2.24, 2.45) is 5.41 Å². The molecule has 0 rings (SSSR count). The zero-order valence-electron chi connectivity index (χ0n) is 9.04. The van der Waals surface area contributed by atoms with Crippen molar-refractivity contribution >= 4 is 0 Å². The fourth-order valence-electron chi connectivity index (χ4n) is 0.854. The lowest BCUT2D eigenvalue weighted by atomic mass is 9.90. The molecule has 1 nitrogen and oxygen atoms in total. The number of nitrogens with one attached hydrogen (secondary N) is 1. The molecule has 0 aliphatic heterocycles. The number of rotatable bonds is 6. The molecule has 1 N–H and O–H groups in total. The molecule has 0 saturated heterocycles. The molecule has 1 heteroatoms. The van der Waals surface area contributed by atoms with Gasteiger partial charge in [0.05, 0.1) is 0 Å². The minimum Gasteiger partial charge on any atom is -0.316 e. The molecule has 0 aliphatic carbocycles. The minimum absolute atomic E-state index is 0.440. The average molecular weight is 169 g/mol. The summed E-state index contributed by atoms with van der Waals surface area (Å²) in [4.78, 5) is 0. The van der Waals surface area contributed by atoms with Gasteiger partial charge in [-0.15, -0.1) is 6.58 Å². The highest BCUT2D eigenvalue weighted by Crippen LogP contribution is 2.17. The second-order valence-corrected chi connectivity index (χ2v) is 4.40. The standard InChI is InChI=1S/C11H23N/c1-6-11(4,5)9-12-8-7-10(2)3/h12H,2,6-9H2,1,3-5H3. The first-order valence-corrected chi connectivity index (χ1v) is 4.83. The van der Waals surface area contributed by atoms with Crippen LogP contribution >= 0.6 is 0 Å². The van der Waals surface area contributed by atoms with Gasteiger partial charge in [-0.05, 0) is 31.7 Å². The molecular weight excluding hydrogens is 146 g/mol. The van der Waals surface area contributed by atoms with Crippen molar-refractivity contribution < 1.29 is 0 Å². The lowest BCUT2D eigenvalue weighted by molar-refractivity contribution is 0.329. The van der Waals surface area contributed by atoms with Gasteiger partial charge in [0, 0.05) is 6.54 Å². The van der Waals surface area contributed by atoms with Crippen molar-refractivity contribution in [3.8, 4) is 0 Å². The van der Waals surface area contributed by atoms with E-state index in [4.69, 9.17) is 0 Å². The molecule has 0 aliphatic rings. The molecule has 0 saturated carbocycles. The molecule has 0 fully saturated rings. The van der Waals surface area contributed by atoms with E-state index in [1.165, 1.54) is 12.0 Å². The Labute approximate surface area is 77.2 Å². The van der Waals surface area contributed by atoms with Gasteiger partial charge in [0.15, 0.2) is 0 Å². The van der Waals surface area contributed by atoms with Gasteiger partial charge < -0.3 is 5.32 Å². The molecule has 0 aromatic carbocycles. The second kappa shape index (κ2) is 5.36.